The maximum absolute atomic E-state index is 11.9. The van der Waals surface area contributed by atoms with Crippen LogP contribution in [0.5, 0.6) is 0 Å². The summed E-state index contributed by atoms with van der Waals surface area (Å²) in [6.45, 7) is 1.60. The lowest BCUT2D eigenvalue weighted by molar-refractivity contribution is 0.0772. The number of hydrogen-bond acceptors (Lipinski definition) is 4. The number of carbonyl (C=O) groups is 1. The topological polar surface area (TPSA) is 69.9 Å². The molecule has 1 aromatic heterocycles. The summed E-state index contributed by atoms with van der Waals surface area (Å²) in [5.41, 5.74) is 0.131. The summed E-state index contributed by atoms with van der Waals surface area (Å²) in [5, 5.41) is 15.7. The molecular weight excluding hydrogens is 251 g/mol. The Balaban J connectivity index is 3.06. The van der Waals surface area contributed by atoms with Gasteiger partial charge in [0, 0.05) is 7.05 Å². The van der Waals surface area contributed by atoms with E-state index >= 15 is 0 Å². The molecule has 1 atom stereocenters. The number of nitriles is 1. The van der Waals surface area contributed by atoms with Crippen molar-refractivity contribution >= 4 is 29.1 Å². The second-order valence-corrected chi connectivity index (χ2v) is 3.84. The molecule has 5 nitrogen and oxygen atoms in total. The molecule has 1 aromatic rings. The Hall–Kier alpha value is -1.38. The van der Waals surface area contributed by atoms with Gasteiger partial charge in [0.25, 0.3) is 5.91 Å². The van der Waals surface area contributed by atoms with Gasteiger partial charge in [-0.2, -0.15) is 5.26 Å². The van der Waals surface area contributed by atoms with Gasteiger partial charge in [-0.3, -0.25) is 4.79 Å². The molecule has 0 saturated heterocycles. The highest BCUT2D eigenvalue weighted by Crippen LogP contribution is 2.17. The molecule has 0 aliphatic carbocycles. The summed E-state index contributed by atoms with van der Waals surface area (Å²) in [4.78, 5) is 13.1. The number of hydrogen-bond donors (Lipinski definition) is 0. The lowest BCUT2D eigenvalue weighted by Crippen LogP contribution is -2.34. The highest BCUT2D eigenvalue weighted by molar-refractivity contribution is 6.34. The Kier molecular flexibility index (Phi) is 4.05. The van der Waals surface area contributed by atoms with Crippen molar-refractivity contribution in [3.63, 3.8) is 0 Å². The van der Waals surface area contributed by atoms with Crippen LogP contribution < -0.4 is 0 Å². The van der Waals surface area contributed by atoms with Gasteiger partial charge in [-0.25, -0.2) is 0 Å². The number of rotatable bonds is 2. The second-order valence-electron chi connectivity index (χ2n) is 3.09. The molecule has 1 unspecified atom stereocenters. The predicted octanol–water partition coefficient (Wildman–Crippen LogP) is 1.77. The molecule has 0 aromatic carbocycles. The van der Waals surface area contributed by atoms with E-state index in [4.69, 9.17) is 28.5 Å². The van der Waals surface area contributed by atoms with Crippen LogP contribution in [0.25, 0.3) is 0 Å². The van der Waals surface area contributed by atoms with Crippen molar-refractivity contribution < 1.29 is 4.79 Å². The molecule has 84 valence electrons. The van der Waals surface area contributed by atoms with Gasteiger partial charge in [-0.1, -0.05) is 23.2 Å². The Labute approximate surface area is 103 Å². The summed E-state index contributed by atoms with van der Waals surface area (Å²) in [6, 6.07) is 2.70. The molecule has 0 fully saturated rings. The lowest BCUT2D eigenvalue weighted by Gasteiger charge is -2.19. The lowest BCUT2D eigenvalue weighted by atomic mass is 10.2. The van der Waals surface area contributed by atoms with Crippen molar-refractivity contribution in [2.24, 2.45) is 0 Å². The number of carbonyl (C=O) groups excluding carboxylic acids is 1. The minimum atomic E-state index is -0.560. The fraction of sp³-hybridized carbons (Fsp3) is 0.333. The quantitative estimate of drug-likeness (QED) is 0.811. The molecule has 0 spiro atoms. The van der Waals surface area contributed by atoms with E-state index in [0.29, 0.717) is 0 Å². The number of nitrogens with zero attached hydrogens (tertiary/aromatic N) is 4. The van der Waals surface area contributed by atoms with Crippen molar-refractivity contribution in [3.05, 3.63) is 21.9 Å². The summed E-state index contributed by atoms with van der Waals surface area (Å²) in [6.07, 6.45) is 0. The average molecular weight is 259 g/mol. The molecule has 0 N–H and O–H groups in total. The summed E-state index contributed by atoms with van der Waals surface area (Å²) in [5.74, 6) is -0.421. The number of halogens is 2. The zero-order chi connectivity index (χ0) is 12.3. The fourth-order valence-corrected chi connectivity index (χ4v) is 1.28. The minimum absolute atomic E-state index is 0.0358. The van der Waals surface area contributed by atoms with E-state index in [1.54, 1.807) is 6.92 Å². The van der Waals surface area contributed by atoms with E-state index in [2.05, 4.69) is 10.2 Å². The maximum Gasteiger partial charge on any atom is 0.257 e. The van der Waals surface area contributed by atoms with Crippen LogP contribution in [0.15, 0.2) is 6.07 Å². The summed E-state index contributed by atoms with van der Waals surface area (Å²) < 4.78 is 0. The van der Waals surface area contributed by atoms with Gasteiger partial charge in [0.1, 0.15) is 6.04 Å². The van der Waals surface area contributed by atoms with Crippen LogP contribution in [-0.2, 0) is 0 Å². The zero-order valence-electron chi connectivity index (χ0n) is 8.61. The Morgan fingerprint density at radius 2 is 2.19 bits per heavy atom. The smallest absolute Gasteiger partial charge is 0.257 e. The predicted molar refractivity (Wildman–Crippen MR) is 59.2 cm³/mol. The molecule has 7 heteroatoms. The highest BCUT2D eigenvalue weighted by Gasteiger charge is 2.20. The third-order valence-corrected chi connectivity index (χ3v) is 2.50. The molecule has 0 aliphatic heterocycles. The van der Waals surface area contributed by atoms with E-state index in [1.165, 1.54) is 18.0 Å². The average Bonchev–Trinajstić information content (AvgIpc) is 2.29. The van der Waals surface area contributed by atoms with Gasteiger partial charge < -0.3 is 4.90 Å². The van der Waals surface area contributed by atoms with Gasteiger partial charge >= 0.3 is 0 Å². The van der Waals surface area contributed by atoms with Gasteiger partial charge in [0.15, 0.2) is 10.3 Å². The molecule has 1 rings (SSSR count). The van der Waals surface area contributed by atoms with Crippen molar-refractivity contribution in [1.29, 1.82) is 5.26 Å². The van der Waals surface area contributed by atoms with Gasteiger partial charge in [0.2, 0.25) is 0 Å². The molecule has 0 saturated carbocycles. The third kappa shape index (κ3) is 2.60. The highest BCUT2D eigenvalue weighted by atomic mass is 35.5. The van der Waals surface area contributed by atoms with Crippen molar-refractivity contribution in [3.8, 4) is 6.07 Å². The molecule has 0 radical (unpaired) electrons. The molecule has 0 bridgehead atoms. The van der Waals surface area contributed by atoms with Crippen molar-refractivity contribution in [2.75, 3.05) is 7.05 Å². The van der Waals surface area contributed by atoms with Crippen LogP contribution >= 0.6 is 23.2 Å². The van der Waals surface area contributed by atoms with E-state index in [0.717, 1.165) is 0 Å². The van der Waals surface area contributed by atoms with Crippen LogP contribution in [0.2, 0.25) is 10.3 Å². The van der Waals surface area contributed by atoms with Crippen LogP contribution in [0.4, 0.5) is 0 Å². The fourth-order valence-electron chi connectivity index (χ4n) is 0.956. The summed E-state index contributed by atoms with van der Waals surface area (Å²) in [7, 11) is 1.50. The van der Waals surface area contributed by atoms with Crippen molar-refractivity contribution in [1.82, 2.24) is 15.1 Å². The second kappa shape index (κ2) is 5.10. The first-order chi connectivity index (χ1) is 7.47. The molecular formula is C9H8Cl2N4O. The zero-order valence-corrected chi connectivity index (χ0v) is 10.1. The third-order valence-electron chi connectivity index (χ3n) is 2.04. The minimum Gasteiger partial charge on any atom is -0.326 e. The normalized spacial score (nSPS) is 11.7. The Bertz CT molecular complexity index is 457. The molecule has 1 amide bonds. The molecule has 1 heterocycles. The molecule has 0 aliphatic rings. The molecule has 16 heavy (non-hydrogen) atoms. The monoisotopic (exact) mass is 258 g/mol. The first-order valence-corrected chi connectivity index (χ1v) is 5.08. The van der Waals surface area contributed by atoms with E-state index in [-0.39, 0.29) is 15.9 Å². The van der Waals surface area contributed by atoms with E-state index < -0.39 is 11.9 Å². The first kappa shape index (κ1) is 12.7. The van der Waals surface area contributed by atoms with Gasteiger partial charge in [0.05, 0.1) is 11.6 Å². The number of amides is 1. The standard InChI is InChI=1S/C9H8Cl2N4O/c1-5(4-12)15(2)9(16)6-3-7(10)13-14-8(6)11/h3,5H,1-2H3. The summed E-state index contributed by atoms with van der Waals surface area (Å²) >= 11 is 11.3. The van der Waals surface area contributed by atoms with Crippen LogP contribution in [0.3, 0.4) is 0 Å². The Morgan fingerprint density at radius 3 is 2.75 bits per heavy atom. The first-order valence-electron chi connectivity index (χ1n) is 4.33. The Morgan fingerprint density at radius 1 is 1.56 bits per heavy atom. The number of aromatic nitrogens is 2. The van der Waals surface area contributed by atoms with Gasteiger partial charge in [-0.05, 0) is 13.0 Å². The van der Waals surface area contributed by atoms with E-state index in [1.807, 2.05) is 6.07 Å². The van der Waals surface area contributed by atoms with Crippen LogP contribution in [-0.4, -0.2) is 34.1 Å². The SMILES string of the molecule is CC(C#N)N(C)C(=O)c1cc(Cl)nnc1Cl. The largest absolute Gasteiger partial charge is 0.326 e. The van der Waals surface area contributed by atoms with E-state index in [9.17, 15) is 4.79 Å². The van der Waals surface area contributed by atoms with Crippen molar-refractivity contribution in [2.45, 2.75) is 13.0 Å². The maximum atomic E-state index is 11.9. The van der Waals surface area contributed by atoms with Crippen LogP contribution in [0, 0.1) is 11.3 Å². The van der Waals surface area contributed by atoms with Crippen LogP contribution in [0.1, 0.15) is 17.3 Å². The van der Waals surface area contributed by atoms with Gasteiger partial charge in [-0.15, -0.1) is 10.2 Å².